The maximum Gasteiger partial charge on any atom is 0.324 e. The van der Waals surface area contributed by atoms with Crippen molar-refractivity contribution in [1.29, 1.82) is 0 Å². The van der Waals surface area contributed by atoms with E-state index in [0.717, 1.165) is 37.5 Å². The van der Waals surface area contributed by atoms with Crippen LogP contribution in [0.5, 0.6) is 0 Å². The van der Waals surface area contributed by atoms with Crippen molar-refractivity contribution in [2.45, 2.75) is 24.2 Å². The molecule has 1 N–H and O–H groups in total. The van der Waals surface area contributed by atoms with Gasteiger partial charge in [0.2, 0.25) is 5.82 Å². The van der Waals surface area contributed by atoms with Gasteiger partial charge in [-0.3, -0.25) is 10.1 Å². The summed E-state index contributed by atoms with van der Waals surface area (Å²) in [6.45, 7) is 1.06. The molecular weight excluding hydrogens is 289 g/mol. The summed E-state index contributed by atoms with van der Waals surface area (Å²) < 4.78 is 37.8. The Morgan fingerprint density at radius 1 is 1.25 bits per heavy atom. The first-order chi connectivity index (χ1) is 9.42. The molecule has 2 rings (SSSR count). The van der Waals surface area contributed by atoms with Crippen molar-refractivity contribution in [2.75, 3.05) is 13.1 Å². The molecule has 20 heavy (non-hydrogen) atoms. The van der Waals surface area contributed by atoms with Crippen molar-refractivity contribution in [1.82, 2.24) is 9.84 Å². The van der Waals surface area contributed by atoms with Crippen LogP contribution in [0.2, 0.25) is 0 Å². The third-order valence-corrected chi connectivity index (χ3v) is 4.43. The summed E-state index contributed by atoms with van der Waals surface area (Å²) in [7, 11) is -4.16. The normalized spacial score (nSPS) is 17.1. The van der Waals surface area contributed by atoms with Gasteiger partial charge in [-0.25, -0.2) is 13.4 Å². The van der Waals surface area contributed by atoms with E-state index >= 15 is 0 Å². The number of piperidine rings is 1. The predicted molar refractivity (Wildman–Crippen MR) is 68.8 cm³/mol. The van der Waals surface area contributed by atoms with E-state index in [9.17, 15) is 22.9 Å². The molecule has 110 valence electrons. The highest BCUT2D eigenvalue weighted by Gasteiger charge is 2.30. The zero-order valence-electron chi connectivity index (χ0n) is 10.6. The van der Waals surface area contributed by atoms with Crippen LogP contribution in [-0.4, -0.2) is 31.4 Å². The third kappa shape index (κ3) is 3.11. The summed E-state index contributed by atoms with van der Waals surface area (Å²) in [5, 5.41) is 12.3. The molecule has 0 aromatic heterocycles. The van der Waals surface area contributed by atoms with Crippen molar-refractivity contribution >= 4 is 15.7 Å². The second kappa shape index (κ2) is 5.81. The summed E-state index contributed by atoms with van der Waals surface area (Å²) in [4.78, 5) is 11.4. The number of rotatable bonds is 4. The Labute approximate surface area is 115 Å². The van der Waals surface area contributed by atoms with Gasteiger partial charge in [-0.15, -0.1) is 4.83 Å². The van der Waals surface area contributed by atoms with Gasteiger partial charge in [-0.2, -0.15) is 4.39 Å². The van der Waals surface area contributed by atoms with Crippen LogP contribution in [0.1, 0.15) is 19.3 Å². The number of nitrogens with one attached hydrogen (secondary N) is 1. The van der Waals surface area contributed by atoms with Crippen LogP contribution < -0.4 is 4.83 Å². The Bertz CT molecular complexity index is 614. The molecule has 0 radical (unpaired) electrons. The van der Waals surface area contributed by atoms with Crippen LogP contribution in [0.15, 0.2) is 23.1 Å². The molecule has 1 heterocycles. The van der Waals surface area contributed by atoms with E-state index in [-0.39, 0.29) is 0 Å². The SMILES string of the molecule is O=[N+]([O-])c1c(F)cccc1S(=O)(=O)NN1CCCCC1. The molecule has 0 amide bonds. The summed E-state index contributed by atoms with van der Waals surface area (Å²) in [6, 6.07) is 3.01. The third-order valence-electron chi connectivity index (χ3n) is 3.03. The largest absolute Gasteiger partial charge is 0.324 e. The average molecular weight is 303 g/mol. The smallest absolute Gasteiger partial charge is 0.258 e. The average Bonchev–Trinajstić information content (AvgIpc) is 2.38. The minimum atomic E-state index is -4.16. The number of nitro groups is 1. The number of hydrazine groups is 1. The zero-order valence-corrected chi connectivity index (χ0v) is 11.4. The number of hydrogen-bond donors (Lipinski definition) is 1. The highest BCUT2D eigenvalue weighted by Crippen LogP contribution is 2.26. The lowest BCUT2D eigenvalue weighted by Crippen LogP contribution is -2.45. The Balaban J connectivity index is 2.34. The molecule has 0 unspecified atom stereocenters. The molecule has 1 aliphatic rings. The molecule has 0 atom stereocenters. The van der Waals surface area contributed by atoms with E-state index in [0.29, 0.717) is 13.1 Å². The molecule has 0 saturated carbocycles. The topological polar surface area (TPSA) is 92.5 Å². The van der Waals surface area contributed by atoms with E-state index in [1.54, 1.807) is 0 Å². The van der Waals surface area contributed by atoms with Crippen molar-refractivity contribution in [3.05, 3.63) is 34.1 Å². The molecule has 0 bridgehead atoms. The summed E-state index contributed by atoms with van der Waals surface area (Å²) >= 11 is 0. The van der Waals surface area contributed by atoms with Gasteiger partial charge in [0, 0.05) is 13.1 Å². The highest BCUT2D eigenvalue weighted by molar-refractivity contribution is 7.89. The van der Waals surface area contributed by atoms with Gasteiger partial charge in [-0.05, 0) is 25.0 Å². The molecule has 1 saturated heterocycles. The molecule has 0 aliphatic carbocycles. The molecule has 7 nitrogen and oxygen atoms in total. The van der Waals surface area contributed by atoms with Gasteiger partial charge >= 0.3 is 5.69 Å². The van der Waals surface area contributed by atoms with Crippen molar-refractivity contribution in [2.24, 2.45) is 0 Å². The molecule has 1 aromatic carbocycles. The van der Waals surface area contributed by atoms with Crippen molar-refractivity contribution in [3.8, 4) is 0 Å². The van der Waals surface area contributed by atoms with Gasteiger partial charge in [0.1, 0.15) is 0 Å². The Morgan fingerprint density at radius 3 is 2.50 bits per heavy atom. The fraction of sp³-hybridized carbons (Fsp3) is 0.455. The van der Waals surface area contributed by atoms with Crippen molar-refractivity contribution < 1.29 is 17.7 Å². The monoisotopic (exact) mass is 303 g/mol. The zero-order chi connectivity index (χ0) is 14.8. The summed E-state index contributed by atoms with van der Waals surface area (Å²) in [5.41, 5.74) is -1.03. The van der Waals surface area contributed by atoms with Gasteiger partial charge in [0.05, 0.1) is 4.92 Å². The van der Waals surface area contributed by atoms with Crippen LogP contribution in [0, 0.1) is 15.9 Å². The predicted octanol–water partition coefficient (Wildman–Crippen LogP) is 1.41. The summed E-state index contributed by atoms with van der Waals surface area (Å²) in [5.74, 6) is -1.17. The number of nitro benzene ring substituents is 1. The fourth-order valence-corrected chi connectivity index (χ4v) is 3.40. The second-order valence-electron chi connectivity index (χ2n) is 4.49. The lowest BCUT2D eigenvalue weighted by molar-refractivity contribution is -0.390. The number of para-hydroxylation sites is 1. The second-order valence-corrected chi connectivity index (χ2v) is 6.12. The van der Waals surface area contributed by atoms with Gasteiger partial charge in [0.15, 0.2) is 4.90 Å². The molecule has 0 spiro atoms. The lowest BCUT2D eigenvalue weighted by Gasteiger charge is -2.26. The quantitative estimate of drug-likeness (QED) is 0.670. The first kappa shape index (κ1) is 14.8. The molecule has 1 aliphatic heterocycles. The molecule has 9 heteroatoms. The minimum Gasteiger partial charge on any atom is -0.258 e. The Hall–Kier alpha value is -1.58. The Kier molecular flexibility index (Phi) is 4.31. The van der Waals surface area contributed by atoms with Crippen molar-refractivity contribution in [3.63, 3.8) is 0 Å². The van der Waals surface area contributed by atoms with E-state index in [2.05, 4.69) is 4.83 Å². The molecular formula is C11H14FN3O4S. The number of nitrogens with zero attached hydrogens (tertiary/aromatic N) is 2. The maximum absolute atomic E-state index is 13.5. The van der Waals surface area contributed by atoms with Crippen LogP contribution >= 0.6 is 0 Å². The highest BCUT2D eigenvalue weighted by atomic mass is 32.2. The van der Waals surface area contributed by atoms with Crippen LogP contribution in [0.25, 0.3) is 0 Å². The number of sulfonamides is 1. The number of benzene rings is 1. The fourth-order valence-electron chi connectivity index (χ4n) is 2.09. The van der Waals surface area contributed by atoms with Gasteiger partial charge in [0.25, 0.3) is 10.0 Å². The van der Waals surface area contributed by atoms with Gasteiger partial charge < -0.3 is 0 Å². The van der Waals surface area contributed by atoms with E-state index < -0.39 is 31.3 Å². The molecule has 1 aromatic rings. The number of halogens is 1. The van der Waals surface area contributed by atoms with Crippen LogP contribution in [0.3, 0.4) is 0 Å². The Morgan fingerprint density at radius 2 is 1.90 bits per heavy atom. The van der Waals surface area contributed by atoms with Crippen LogP contribution in [0.4, 0.5) is 10.1 Å². The summed E-state index contributed by atoms with van der Waals surface area (Å²) in [6.07, 6.45) is 2.69. The van der Waals surface area contributed by atoms with E-state index in [4.69, 9.17) is 0 Å². The van der Waals surface area contributed by atoms with Gasteiger partial charge in [-0.1, -0.05) is 12.5 Å². The first-order valence-corrected chi connectivity index (χ1v) is 7.60. The standard InChI is InChI=1S/C11H14FN3O4S/c12-9-5-4-6-10(11(9)15(16)17)20(18,19)13-14-7-2-1-3-8-14/h4-6,13H,1-3,7-8H2. The van der Waals surface area contributed by atoms with E-state index in [1.807, 2.05) is 0 Å². The van der Waals surface area contributed by atoms with E-state index in [1.165, 1.54) is 5.01 Å². The molecule has 1 fully saturated rings. The minimum absolute atomic E-state index is 0.530. The lowest BCUT2D eigenvalue weighted by atomic mass is 10.2. The number of hydrogen-bond acceptors (Lipinski definition) is 5. The first-order valence-electron chi connectivity index (χ1n) is 6.12. The maximum atomic E-state index is 13.5. The van der Waals surface area contributed by atoms with Crippen LogP contribution in [-0.2, 0) is 10.0 Å².